The van der Waals surface area contributed by atoms with Crippen molar-refractivity contribution in [2.24, 2.45) is 11.7 Å². The fraction of sp³-hybridized carbons (Fsp3) is 0.562. The maximum absolute atomic E-state index is 5.89. The van der Waals surface area contributed by atoms with Crippen LogP contribution >= 0.6 is 0 Å². The summed E-state index contributed by atoms with van der Waals surface area (Å²) in [6, 6.07) is 4.00. The molecule has 2 atom stereocenters. The van der Waals surface area contributed by atoms with E-state index in [-0.39, 0.29) is 0 Å². The normalized spacial score (nSPS) is 22.4. The molecule has 0 aromatic carbocycles. The van der Waals surface area contributed by atoms with E-state index in [1.54, 1.807) is 6.20 Å². The van der Waals surface area contributed by atoms with Crippen LogP contribution < -0.4 is 5.73 Å². The van der Waals surface area contributed by atoms with Crippen molar-refractivity contribution in [2.75, 3.05) is 6.54 Å². The molecular weight excluding hydrogens is 264 g/mol. The molecule has 5 heteroatoms. The van der Waals surface area contributed by atoms with Gasteiger partial charge in [-0.05, 0) is 43.4 Å². The third-order valence-corrected chi connectivity index (χ3v) is 4.45. The average Bonchev–Trinajstić information content (AvgIpc) is 3.04. The van der Waals surface area contributed by atoms with Crippen molar-refractivity contribution < 1.29 is 4.52 Å². The van der Waals surface area contributed by atoms with Crippen LogP contribution in [0, 0.1) is 5.92 Å². The maximum atomic E-state index is 5.89. The zero-order chi connectivity index (χ0) is 14.7. The molecule has 0 amide bonds. The van der Waals surface area contributed by atoms with Gasteiger partial charge in [-0.1, -0.05) is 31.0 Å². The first-order valence-corrected chi connectivity index (χ1v) is 7.81. The van der Waals surface area contributed by atoms with Gasteiger partial charge in [-0.25, -0.2) is 0 Å². The van der Waals surface area contributed by atoms with Crippen molar-refractivity contribution in [2.45, 2.75) is 44.9 Å². The molecular formula is C16H22N4O. The Hall–Kier alpha value is -1.75. The number of hydrogen-bond donors (Lipinski definition) is 1. The van der Waals surface area contributed by atoms with Crippen molar-refractivity contribution >= 4 is 0 Å². The van der Waals surface area contributed by atoms with E-state index in [4.69, 9.17) is 10.3 Å². The third-order valence-electron chi connectivity index (χ3n) is 4.45. The van der Waals surface area contributed by atoms with Gasteiger partial charge in [-0.3, -0.25) is 4.98 Å². The number of nitrogens with two attached hydrogens (primary N) is 1. The van der Waals surface area contributed by atoms with E-state index >= 15 is 0 Å². The first-order chi connectivity index (χ1) is 10.3. The number of rotatable bonds is 4. The summed E-state index contributed by atoms with van der Waals surface area (Å²) in [7, 11) is 0. The van der Waals surface area contributed by atoms with E-state index in [1.807, 2.05) is 6.07 Å². The molecule has 2 N–H and O–H groups in total. The molecule has 0 spiro atoms. The van der Waals surface area contributed by atoms with Crippen LogP contribution in [0.3, 0.4) is 0 Å². The Bertz CT molecular complexity index is 595. The highest BCUT2D eigenvalue weighted by Gasteiger charge is 2.30. The van der Waals surface area contributed by atoms with Gasteiger partial charge < -0.3 is 10.3 Å². The first-order valence-electron chi connectivity index (χ1n) is 7.81. The molecule has 0 saturated heterocycles. The lowest BCUT2D eigenvalue weighted by Crippen LogP contribution is -2.25. The molecule has 2 aromatic rings. The van der Waals surface area contributed by atoms with Crippen molar-refractivity contribution in [3.63, 3.8) is 0 Å². The Balaban J connectivity index is 1.89. The zero-order valence-electron chi connectivity index (χ0n) is 12.5. The molecule has 1 aliphatic rings. The van der Waals surface area contributed by atoms with Crippen LogP contribution in [0.15, 0.2) is 22.9 Å². The molecule has 3 rings (SSSR count). The highest BCUT2D eigenvalue weighted by atomic mass is 16.5. The summed E-state index contributed by atoms with van der Waals surface area (Å²) in [5, 5.41) is 4.15. The summed E-state index contributed by atoms with van der Waals surface area (Å²) in [5.41, 5.74) is 7.86. The highest BCUT2D eigenvalue weighted by Crippen LogP contribution is 2.37. The quantitative estimate of drug-likeness (QED) is 0.935. The second-order valence-corrected chi connectivity index (χ2v) is 5.71. The SMILES string of the molecule is CCc1cccnc1-c1noc(C2CCCCC2CN)n1. The summed E-state index contributed by atoms with van der Waals surface area (Å²) < 4.78 is 5.53. The van der Waals surface area contributed by atoms with Crippen LogP contribution in [0.2, 0.25) is 0 Å². The Labute approximate surface area is 125 Å². The van der Waals surface area contributed by atoms with Gasteiger partial charge in [0, 0.05) is 12.1 Å². The van der Waals surface area contributed by atoms with Crippen LogP contribution in [-0.4, -0.2) is 21.7 Å². The summed E-state index contributed by atoms with van der Waals surface area (Å²) in [4.78, 5) is 9.02. The van der Waals surface area contributed by atoms with Crippen LogP contribution in [0.5, 0.6) is 0 Å². The monoisotopic (exact) mass is 286 g/mol. The second kappa shape index (κ2) is 6.35. The minimum atomic E-state index is 0.304. The largest absolute Gasteiger partial charge is 0.339 e. The summed E-state index contributed by atoms with van der Waals surface area (Å²) >= 11 is 0. The number of pyridine rings is 1. The Morgan fingerprint density at radius 1 is 1.33 bits per heavy atom. The molecule has 2 heterocycles. The minimum Gasteiger partial charge on any atom is -0.339 e. The summed E-state index contributed by atoms with van der Waals surface area (Å²) in [6.07, 6.45) is 7.38. The topological polar surface area (TPSA) is 77.8 Å². The summed E-state index contributed by atoms with van der Waals surface area (Å²) in [6.45, 7) is 2.79. The molecule has 1 fully saturated rings. The van der Waals surface area contributed by atoms with E-state index in [1.165, 1.54) is 12.8 Å². The zero-order valence-corrected chi connectivity index (χ0v) is 12.5. The molecule has 0 bridgehead atoms. The number of nitrogens with zero attached hydrogens (tertiary/aromatic N) is 3. The van der Waals surface area contributed by atoms with E-state index < -0.39 is 0 Å². The van der Waals surface area contributed by atoms with Crippen LogP contribution in [0.1, 0.15) is 50.0 Å². The molecule has 2 aromatic heterocycles. The number of aryl methyl sites for hydroxylation is 1. The Kier molecular flexibility index (Phi) is 4.29. The van der Waals surface area contributed by atoms with Gasteiger partial charge in [-0.2, -0.15) is 4.98 Å². The second-order valence-electron chi connectivity index (χ2n) is 5.71. The number of aromatic nitrogens is 3. The van der Waals surface area contributed by atoms with Crippen molar-refractivity contribution in [1.82, 2.24) is 15.1 Å². The molecule has 5 nitrogen and oxygen atoms in total. The molecule has 21 heavy (non-hydrogen) atoms. The third kappa shape index (κ3) is 2.83. The van der Waals surface area contributed by atoms with Gasteiger partial charge in [-0.15, -0.1) is 0 Å². The average molecular weight is 286 g/mol. The molecule has 2 unspecified atom stereocenters. The lowest BCUT2D eigenvalue weighted by atomic mass is 9.79. The molecule has 0 radical (unpaired) electrons. The molecule has 0 aliphatic heterocycles. The maximum Gasteiger partial charge on any atom is 0.230 e. The fourth-order valence-corrected chi connectivity index (χ4v) is 3.22. The predicted molar refractivity (Wildman–Crippen MR) is 80.7 cm³/mol. The lowest BCUT2D eigenvalue weighted by molar-refractivity contribution is 0.249. The molecule has 112 valence electrons. The van der Waals surface area contributed by atoms with E-state index in [0.717, 1.165) is 36.4 Å². The van der Waals surface area contributed by atoms with Crippen molar-refractivity contribution in [3.05, 3.63) is 29.8 Å². The predicted octanol–water partition coefficient (Wildman–Crippen LogP) is 2.93. The fourth-order valence-electron chi connectivity index (χ4n) is 3.22. The van der Waals surface area contributed by atoms with E-state index in [0.29, 0.717) is 24.2 Å². The summed E-state index contributed by atoms with van der Waals surface area (Å²) in [5.74, 6) is 2.09. The van der Waals surface area contributed by atoms with Crippen LogP contribution in [-0.2, 0) is 6.42 Å². The van der Waals surface area contributed by atoms with Crippen molar-refractivity contribution in [3.8, 4) is 11.5 Å². The molecule has 1 aliphatic carbocycles. The smallest absolute Gasteiger partial charge is 0.230 e. The Morgan fingerprint density at radius 2 is 2.19 bits per heavy atom. The van der Waals surface area contributed by atoms with Gasteiger partial charge in [0.25, 0.3) is 0 Å². The van der Waals surface area contributed by atoms with Crippen LogP contribution in [0.4, 0.5) is 0 Å². The lowest BCUT2D eigenvalue weighted by Gasteiger charge is -2.27. The first kappa shape index (κ1) is 14.2. The number of hydrogen-bond acceptors (Lipinski definition) is 5. The van der Waals surface area contributed by atoms with Gasteiger partial charge >= 0.3 is 0 Å². The van der Waals surface area contributed by atoms with Gasteiger partial charge in [0.1, 0.15) is 5.69 Å². The van der Waals surface area contributed by atoms with E-state index in [2.05, 4.69) is 28.1 Å². The Morgan fingerprint density at radius 3 is 3.00 bits per heavy atom. The van der Waals surface area contributed by atoms with E-state index in [9.17, 15) is 0 Å². The van der Waals surface area contributed by atoms with Gasteiger partial charge in [0.15, 0.2) is 0 Å². The molecule has 1 saturated carbocycles. The van der Waals surface area contributed by atoms with Crippen LogP contribution in [0.25, 0.3) is 11.5 Å². The van der Waals surface area contributed by atoms with Crippen molar-refractivity contribution in [1.29, 1.82) is 0 Å². The standard InChI is InChI=1S/C16H22N4O/c1-2-11-7-5-9-18-14(11)15-19-16(21-20-15)13-8-4-3-6-12(13)10-17/h5,7,9,12-13H,2-4,6,8,10,17H2,1H3. The van der Waals surface area contributed by atoms with Gasteiger partial charge in [0.2, 0.25) is 11.7 Å². The highest BCUT2D eigenvalue weighted by molar-refractivity contribution is 5.53. The van der Waals surface area contributed by atoms with Gasteiger partial charge in [0.05, 0.1) is 0 Å². The minimum absolute atomic E-state index is 0.304.